The van der Waals surface area contributed by atoms with Gasteiger partial charge in [-0.25, -0.2) is 0 Å². The van der Waals surface area contributed by atoms with E-state index in [0.29, 0.717) is 0 Å². The lowest BCUT2D eigenvalue weighted by atomic mass is 9.95. The van der Waals surface area contributed by atoms with Gasteiger partial charge in [-0.15, -0.1) is 0 Å². The maximum atomic E-state index is 2.47. The Hall–Kier alpha value is -7.42. The molecule has 0 N–H and O–H groups in total. The SMILES string of the molecule is c1ccc(-c2ccccc2N(c2ccc3c(c2)-c2c4ccccc4cc4cccc-3c24)c2ccc3c(c2)c2ccccc2n3-c2ccc3ccccc3c2)cc1. The summed E-state index contributed by atoms with van der Waals surface area (Å²) in [6.45, 7) is 0. The summed E-state index contributed by atoms with van der Waals surface area (Å²) in [6.07, 6.45) is 0. The Bertz CT molecular complexity index is 3370. The molecule has 260 valence electrons. The first-order valence-electron chi connectivity index (χ1n) is 19.3. The number of hydrogen-bond acceptors (Lipinski definition) is 1. The van der Waals surface area contributed by atoms with Gasteiger partial charge in [0.15, 0.2) is 0 Å². The van der Waals surface area contributed by atoms with Gasteiger partial charge in [-0.05, 0) is 121 Å². The lowest BCUT2D eigenvalue weighted by Gasteiger charge is -2.28. The Kier molecular flexibility index (Phi) is 6.66. The van der Waals surface area contributed by atoms with Crippen LogP contribution in [0.2, 0.25) is 0 Å². The van der Waals surface area contributed by atoms with Crippen molar-refractivity contribution in [2.24, 2.45) is 0 Å². The first-order valence-corrected chi connectivity index (χ1v) is 19.3. The highest BCUT2D eigenvalue weighted by molar-refractivity contribution is 6.24. The number of rotatable bonds is 5. The van der Waals surface area contributed by atoms with Crippen LogP contribution in [0.25, 0.3) is 93.2 Å². The molecule has 0 amide bonds. The monoisotopic (exact) mass is 710 g/mol. The van der Waals surface area contributed by atoms with Crippen LogP contribution in [0.1, 0.15) is 0 Å². The van der Waals surface area contributed by atoms with E-state index in [-0.39, 0.29) is 0 Å². The van der Waals surface area contributed by atoms with Crippen molar-refractivity contribution in [3.63, 3.8) is 0 Å². The summed E-state index contributed by atoms with van der Waals surface area (Å²) in [5, 5.41) is 10.1. The summed E-state index contributed by atoms with van der Waals surface area (Å²) in [7, 11) is 0. The third-order valence-electron chi connectivity index (χ3n) is 11.8. The Morgan fingerprint density at radius 1 is 0.339 bits per heavy atom. The molecule has 0 saturated carbocycles. The van der Waals surface area contributed by atoms with Crippen LogP contribution in [0.4, 0.5) is 17.1 Å². The average Bonchev–Trinajstić information content (AvgIpc) is 3.78. The molecule has 2 heteroatoms. The van der Waals surface area contributed by atoms with Crippen LogP contribution in [-0.4, -0.2) is 4.57 Å². The zero-order valence-corrected chi connectivity index (χ0v) is 30.5. The molecular formula is C54H34N2. The zero-order chi connectivity index (χ0) is 36.7. The fourth-order valence-corrected chi connectivity index (χ4v) is 9.39. The molecule has 0 atom stereocenters. The highest BCUT2D eigenvalue weighted by atomic mass is 15.1. The normalized spacial score (nSPS) is 11.9. The van der Waals surface area contributed by atoms with E-state index in [2.05, 4.69) is 216 Å². The summed E-state index contributed by atoms with van der Waals surface area (Å²) >= 11 is 0. The number of para-hydroxylation sites is 2. The maximum absolute atomic E-state index is 2.47. The van der Waals surface area contributed by atoms with Crippen LogP contribution in [0.5, 0.6) is 0 Å². The predicted molar refractivity (Wildman–Crippen MR) is 238 cm³/mol. The molecule has 0 fully saturated rings. The van der Waals surface area contributed by atoms with Crippen LogP contribution < -0.4 is 4.90 Å². The molecule has 12 rings (SSSR count). The van der Waals surface area contributed by atoms with E-state index in [0.717, 1.165) is 22.7 Å². The molecule has 56 heavy (non-hydrogen) atoms. The average molecular weight is 711 g/mol. The highest BCUT2D eigenvalue weighted by Crippen LogP contribution is 2.53. The lowest BCUT2D eigenvalue weighted by molar-refractivity contribution is 1.18. The first kappa shape index (κ1) is 31.0. The van der Waals surface area contributed by atoms with E-state index < -0.39 is 0 Å². The van der Waals surface area contributed by atoms with Crippen LogP contribution in [-0.2, 0) is 0 Å². The molecule has 1 aromatic heterocycles. The molecule has 0 saturated heterocycles. The molecule has 0 radical (unpaired) electrons. The summed E-state index contributed by atoms with van der Waals surface area (Å²) in [5.41, 5.74) is 14.5. The topological polar surface area (TPSA) is 8.17 Å². The van der Waals surface area contributed by atoms with Crippen molar-refractivity contribution in [2.45, 2.75) is 0 Å². The highest BCUT2D eigenvalue weighted by Gasteiger charge is 2.26. The van der Waals surface area contributed by atoms with E-state index in [1.54, 1.807) is 0 Å². The summed E-state index contributed by atoms with van der Waals surface area (Å²) in [4.78, 5) is 2.47. The Labute approximate surface area is 324 Å². The summed E-state index contributed by atoms with van der Waals surface area (Å²) in [6, 6.07) is 75.8. The minimum atomic E-state index is 1.11. The standard InChI is InChI=1S/C54H34N2/c1-2-14-36(15-3-1)43-19-8-10-23-50(43)55(41-27-29-45-47-22-12-18-39-31-38-17-6-7-20-44(38)54(53(39)47)49(45)34-41)42-28-30-52-48(33-42)46-21-9-11-24-51(46)56(52)40-26-25-35-13-4-5-16-37(35)32-40/h1-34H. The number of benzene rings is 10. The van der Waals surface area contributed by atoms with Crippen LogP contribution in [0.3, 0.4) is 0 Å². The largest absolute Gasteiger partial charge is 0.310 e. The number of nitrogens with zero attached hydrogens (tertiary/aromatic N) is 2. The third-order valence-corrected chi connectivity index (χ3v) is 11.8. The van der Waals surface area contributed by atoms with Crippen molar-refractivity contribution >= 4 is 71.2 Å². The second-order valence-corrected chi connectivity index (χ2v) is 14.9. The van der Waals surface area contributed by atoms with Gasteiger partial charge in [-0.1, -0.05) is 146 Å². The first-order chi connectivity index (χ1) is 27.8. The Balaban J connectivity index is 1.12. The predicted octanol–water partition coefficient (Wildman–Crippen LogP) is 15.0. The van der Waals surface area contributed by atoms with Gasteiger partial charge >= 0.3 is 0 Å². The van der Waals surface area contributed by atoms with Gasteiger partial charge in [0.2, 0.25) is 0 Å². The quantitative estimate of drug-likeness (QED) is 0.161. The Morgan fingerprint density at radius 2 is 1.02 bits per heavy atom. The number of hydrogen-bond donors (Lipinski definition) is 0. The van der Waals surface area contributed by atoms with Gasteiger partial charge in [0.1, 0.15) is 0 Å². The van der Waals surface area contributed by atoms with Gasteiger partial charge in [-0.3, -0.25) is 0 Å². The molecular weight excluding hydrogens is 677 g/mol. The molecule has 0 bridgehead atoms. The summed E-state index contributed by atoms with van der Waals surface area (Å²) in [5.74, 6) is 0. The minimum Gasteiger partial charge on any atom is -0.310 e. The molecule has 10 aromatic carbocycles. The third kappa shape index (κ3) is 4.57. The van der Waals surface area contributed by atoms with E-state index >= 15 is 0 Å². The van der Waals surface area contributed by atoms with Crippen molar-refractivity contribution < 1.29 is 0 Å². The van der Waals surface area contributed by atoms with Gasteiger partial charge in [0.25, 0.3) is 0 Å². The van der Waals surface area contributed by atoms with Crippen LogP contribution in [0, 0.1) is 0 Å². The fourth-order valence-electron chi connectivity index (χ4n) is 9.39. The molecule has 1 heterocycles. The van der Waals surface area contributed by atoms with Crippen molar-refractivity contribution in [1.29, 1.82) is 0 Å². The molecule has 2 nitrogen and oxygen atoms in total. The number of aromatic nitrogens is 1. The molecule has 0 unspecified atom stereocenters. The smallest absolute Gasteiger partial charge is 0.0542 e. The van der Waals surface area contributed by atoms with Gasteiger partial charge in [0.05, 0.1) is 16.7 Å². The van der Waals surface area contributed by atoms with Gasteiger partial charge in [0, 0.05) is 33.4 Å². The molecule has 1 aliphatic rings. The second kappa shape index (κ2) is 12.0. The van der Waals surface area contributed by atoms with Crippen LogP contribution in [0.15, 0.2) is 206 Å². The van der Waals surface area contributed by atoms with Crippen molar-refractivity contribution in [2.75, 3.05) is 4.90 Å². The second-order valence-electron chi connectivity index (χ2n) is 14.9. The summed E-state index contributed by atoms with van der Waals surface area (Å²) < 4.78 is 2.42. The van der Waals surface area contributed by atoms with Crippen molar-refractivity contribution in [3.8, 4) is 39.1 Å². The van der Waals surface area contributed by atoms with Crippen molar-refractivity contribution in [1.82, 2.24) is 4.57 Å². The maximum Gasteiger partial charge on any atom is 0.0542 e. The number of anilines is 3. The van der Waals surface area contributed by atoms with Gasteiger partial charge < -0.3 is 9.47 Å². The lowest BCUT2D eigenvalue weighted by Crippen LogP contribution is -2.11. The van der Waals surface area contributed by atoms with Crippen LogP contribution >= 0.6 is 0 Å². The van der Waals surface area contributed by atoms with E-state index in [1.165, 1.54) is 87.5 Å². The van der Waals surface area contributed by atoms with E-state index in [4.69, 9.17) is 0 Å². The van der Waals surface area contributed by atoms with Gasteiger partial charge in [-0.2, -0.15) is 0 Å². The molecule has 11 aromatic rings. The Morgan fingerprint density at radius 3 is 1.93 bits per heavy atom. The number of fused-ring (bicyclic) bond motifs is 9. The molecule has 0 spiro atoms. The van der Waals surface area contributed by atoms with E-state index in [9.17, 15) is 0 Å². The minimum absolute atomic E-state index is 1.11. The van der Waals surface area contributed by atoms with E-state index in [1.807, 2.05) is 0 Å². The fraction of sp³-hybridized carbons (Fsp3) is 0. The molecule has 1 aliphatic carbocycles. The zero-order valence-electron chi connectivity index (χ0n) is 30.5. The molecule has 0 aliphatic heterocycles. The van der Waals surface area contributed by atoms with Crippen molar-refractivity contribution in [3.05, 3.63) is 206 Å².